The van der Waals surface area contributed by atoms with E-state index in [-0.39, 0.29) is 27.4 Å². The molecule has 8 nitrogen and oxygen atoms in total. The van der Waals surface area contributed by atoms with Gasteiger partial charge in [-0.25, -0.2) is 22.3 Å². The summed E-state index contributed by atoms with van der Waals surface area (Å²) in [5.74, 6) is -0.345. The van der Waals surface area contributed by atoms with Crippen molar-refractivity contribution in [3.63, 3.8) is 0 Å². The molecule has 28 heavy (non-hydrogen) atoms. The third kappa shape index (κ3) is 2.90. The van der Waals surface area contributed by atoms with Crippen molar-refractivity contribution in [2.45, 2.75) is 37.5 Å². The van der Waals surface area contributed by atoms with Gasteiger partial charge >= 0.3 is 0 Å². The van der Waals surface area contributed by atoms with Crippen LogP contribution in [-0.2, 0) is 17.1 Å². The van der Waals surface area contributed by atoms with Crippen molar-refractivity contribution in [1.29, 1.82) is 0 Å². The van der Waals surface area contributed by atoms with Gasteiger partial charge in [-0.1, -0.05) is 11.6 Å². The molecule has 1 saturated heterocycles. The fraction of sp³-hybridized carbons (Fsp3) is 0.471. The Morgan fingerprint density at radius 2 is 1.93 bits per heavy atom. The molecule has 0 radical (unpaired) electrons. The van der Waals surface area contributed by atoms with E-state index in [2.05, 4.69) is 15.2 Å². The summed E-state index contributed by atoms with van der Waals surface area (Å²) in [4.78, 5) is 3.99. The molecule has 1 aliphatic rings. The smallest absolute Gasteiger partial charge is 0.248 e. The van der Waals surface area contributed by atoms with Crippen LogP contribution < -0.4 is 0 Å². The predicted molar refractivity (Wildman–Crippen MR) is 101 cm³/mol. The SMILES string of the molecule is Cc1nn(C)c(Cl)c1S(=O)(=O)N1CCC(c2cn3ncnc3c(F)c2C)CC1. The van der Waals surface area contributed by atoms with Gasteiger partial charge in [-0.05, 0) is 43.7 Å². The van der Waals surface area contributed by atoms with Crippen LogP contribution in [0.5, 0.6) is 0 Å². The van der Waals surface area contributed by atoms with Crippen LogP contribution in [-0.4, -0.2) is 50.2 Å². The number of piperidine rings is 1. The van der Waals surface area contributed by atoms with Crippen LogP contribution in [0, 0.1) is 19.7 Å². The Hall–Kier alpha value is -2.04. The van der Waals surface area contributed by atoms with Gasteiger partial charge in [0.2, 0.25) is 10.0 Å². The summed E-state index contributed by atoms with van der Waals surface area (Å²) in [6, 6.07) is 0. The molecule has 0 unspecified atom stereocenters. The Bertz CT molecular complexity index is 1160. The van der Waals surface area contributed by atoms with Crippen molar-refractivity contribution >= 4 is 27.3 Å². The third-order valence-electron chi connectivity index (χ3n) is 5.38. The minimum atomic E-state index is -3.74. The zero-order valence-electron chi connectivity index (χ0n) is 15.7. The quantitative estimate of drug-likeness (QED) is 0.642. The summed E-state index contributed by atoms with van der Waals surface area (Å²) in [5, 5.41) is 8.23. The second kappa shape index (κ2) is 6.78. The normalized spacial score (nSPS) is 16.9. The summed E-state index contributed by atoms with van der Waals surface area (Å²) < 4.78 is 44.9. The van der Waals surface area contributed by atoms with Crippen LogP contribution in [0.15, 0.2) is 17.4 Å². The van der Waals surface area contributed by atoms with Gasteiger partial charge in [-0.15, -0.1) is 0 Å². The van der Waals surface area contributed by atoms with Gasteiger partial charge in [0.15, 0.2) is 11.5 Å². The van der Waals surface area contributed by atoms with E-state index in [0.29, 0.717) is 37.2 Å². The molecule has 11 heteroatoms. The maximum absolute atomic E-state index is 14.6. The summed E-state index contributed by atoms with van der Waals surface area (Å²) in [5.41, 5.74) is 1.95. The predicted octanol–water partition coefficient (Wildman–Crippen LogP) is 2.44. The largest absolute Gasteiger partial charge is 0.255 e. The molecule has 150 valence electrons. The maximum Gasteiger partial charge on any atom is 0.248 e. The molecule has 1 aliphatic heterocycles. The van der Waals surface area contributed by atoms with Gasteiger partial charge in [0, 0.05) is 26.3 Å². The van der Waals surface area contributed by atoms with Crippen molar-refractivity contribution in [3.8, 4) is 0 Å². The Labute approximate surface area is 167 Å². The maximum atomic E-state index is 14.6. The van der Waals surface area contributed by atoms with Gasteiger partial charge in [-0.2, -0.15) is 14.5 Å². The lowest BCUT2D eigenvalue weighted by molar-refractivity contribution is 0.318. The molecule has 3 aromatic rings. The van der Waals surface area contributed by atoms with Crippen molar-refractivity contribution < 1.29 is 12.8 Å². The second-order valence-electron chi connectivity index (χ2n) is 7.06. The zero-order chi connectivity index (χ0) is 20.2. The fourth-order valence-electron chi connectivity index (χ4n) is 3.88. The highest BCUT2D eigenvalue weighted by Crippen LogP contribution is 2.35. The molecule has 0 aliphatic carbocycles. The number of pyridine rings is 1. The van der Waals surface area contributed by atoms with E-state index in [0.717, 1.165) is 5.56 Å². The molecule has 0 bridgehead atoms. The van der Waals surface area contributed by atoms with E-state index in [1.165, 1.54) is 19.8 Å². The number of rotatable bonds is 3. The van der Waals surface area contributed by atoms with Crippen LogP contribution in [0.3, 0.4) is 0 Å². The Morgan fingerprint density at radius 3 is 2.54 bits per heavy atom. The molecule has 3 aromatic heterocycles. The molecule has 0 aromatic carbocycles. The number of aryl methyl sites for hydroxylation is 2. The molecule has 1 fully saturated rings. The van der Waals surface area contributed by atoms with Gasteiger partial charge in [0.1, 0.15) is 16.4 Å². The summed E-state index contributed by atoms with van der Waals surface area (Å²) >= 11 is 6.16. The van der Waals surface area contributed by atoms with Gasteiger partial charge in [0.05, 0.1) is 5.69 Å². The highest BCUT2D eigenvalue weighted by Gasteiger charge is 2.35. The van der Waals surface area contributed by atoms with E-state index in [4.69, 9.17) is 11.6 Å². The number of nitrogens with zero attached hydrogens (tertiary/aromatic N) is 6. The van der Waals surface area contributed by atoms with Crippen LogP contribution in [0.1, 0.15) is 35.6 Å². The highest BCUT2D eigenvalue weighted by molar-refractivity contribution is 7.89. The number of fused-ring (bicyclic) bond motifs is 1. The van der Waals surface area contributed by atoms with Crippen molar-refractivity contribution in [3.05, 3.63) is 40.3 Å². The molecule has 0 amide bonds. The number of halogens is 2. The summed E-state index contributed by atoms with van der Waals surface area (Å²) in [6.45, 7) is 4.01. The lowest BCUT2D eigenvalue weighted by Crippen LogP contribution is -2.38. The van der Waals surface area contributed by atoms with Crippen molar-refractivity contribution in [2.24, 2.45) is 7.05 Å². The first-order valence-corrected chi connectivity index (χ1v) is 10.7. The first-order chi connectivity index (χ1) is 13.2. The summed E-state index contributed by atoms with van der Waals surface area (Å²) in [7, 11) is -2.13. The molecular formula is C17H20ClFN6O2S. The number of aromatic nitrogens is 5. The molecule has 0 atom stereocenters. The van der Waals surface area contributed by atoms with Gasteiger partial charge < -0.3 is 0 Å². The van der Waals surface area contributed by atoms with Crippen LogP contribution in [0.4, 0.5) is 4.39 Å². The average molecular weight is 427 g/mol. The first kappa shape index (κ1) is 19.3. The van der Waals surface area contributed by atoms with E-state index < -0.39 is 10.0 Å². The second-order valence-corrected chi connectivity index (χ2v) is 9.29. The lowest BCUT2D eigenvalue weighted by Gasteiger charge is -2.32. The van der Waals surface area contributed by atoms with E-state index >= 15 is 0 Å². The Balaban J connectivity index is 1.59. The van der Waals surface area contributed by atoms with E-state index in [9.17, 15) is 12.8 Å². The Kier molecular flexibility index (Phi) is 4.67. The van der Waals surface area contributed by atoms with Crippen LogP contribution in [0.25, 0.3) is 5.65 Å². The van der Waals surface area contributed by atoms with Crippen LogP contribution in [0.2, 0.25) is 5.15 Å². The highest BCUT2D eigenvalue weighted by atomic mass is 35.5. The molecule has 0 N–H and O–H groups in total. The van der Waals surface area contributed by atoms with E-state index in [1.807, 2.05) is 0 Å². The fourth-order valence-corrected chi connectivity index (χ4v) is 6.05. The number of hydrogen-bond donors (Lipinski definition) is 0. The molecule has 0 saturated carbocycles. The van der Waals surface area contributed by atoms with E-state index in [1.54, 1.807) is 27.1 Å². The Morgan fingerprint density at radius 1 is 1.25 bits per heavy atom. The first-order valence-electron chi connectivity index (χ1n) is 8.89. The van der Waals surface area contributed by atoms with Gasteiger partial charge in [-0.3, -0.25) is 4.68 Å². The molecule has 0 spiro atoms. The number of hydrogen-bond acceptors (Lipinski definition) is 5. The minimum absolute atomic E-state index is 0.0417. The average Bonchev–Trinajstić information content (AvgIpc) is 3.22. The standard InChI is InChI=1S/C17H20ClFN6O2S/c1-10-13(8-25-17(14(10)19)20-9-21-25)12-4-6-24(7-5-12)28(26,27)15-11(2)22-23(3)16(15)18/h8-9,12H,4-7H2,1-3H3. The molecular weight excluding hydrogens is 407 g/mol. The molecule has 4 heterocycles. The van der Waals surface area contributed by atoms with Gasteiger partial charge in [0.25, 0.3) is 0 Å². The number of sulfonamides is 1. The monoisotopic (exact) mass is 426 g/mol. The minimum Gasteiger partial charge on any atom is -0.255 e. The summed E-state index contributed by atoms with van der Waals surface area (Å²) in [6.07, 6.45) is 4.27. The molecule has 4 rings (SSSR count). The van der Waals surface area contributed by atoms with Crippen molar-refractivity contribution in [1.82, 2.24) is 28.7 Å². The third-order valence-corrected chi connectivity index (χ3v) is 7.98. The zero-order valence-corrected chi connectivity index (χ0v) is 17.3. The van der Waals surface area contributed by atoms with Crippen LogP contribution >= 0.6 is 11.6 Å². The van der Waals surface area contributed by atoms with Crippen molar-refractivity contribution in [2.75, 3.05) is 13.1 Å². The lowest BCUT2D eigenvalue weighted by atomic mass is 9.88. The topological polar surface area (TPSA) is 85.4 Å².